The maximum Gasteiger partial charge on any atom is 0.469 e. The van der Waals surface area contributed by atoms with Crippen LogP contribution in [-0.2, 0) is 36.3 Å². The van der Waals surface area contributed by atoms with E-state index in [0.29, 0.717) is 29.1 Å². The zero-order chi connectivity index (χ0) is 37.4. The molecule has 7 N–H and O–H groups in total. The Morgan fingerprint density at radius 3 is 2.31 bits per heavy atom. The van der Waals surface area contributed by atoms with Gasteiger partial charge in [0.05, 0.1) is 35.7 Å². The van der Waals surface area contributed by atoms with E-state index in [9.17, 15) is 29.2 Å². The number of aliphatic carboxylic acids is 2. The zero-order valence-electron chi connectivity index (χ0n) is 29.1. The number of hydrogen-bond donors (Lipinski definition) is 7. The average molecular weight is 720 g/mol. The summed E-state index contributed by atoms with van der Waals surface area (Å²) in [5.41, 5.74) is 8.87. The van der Waals surface area contributed by atoms with E-state index in [1.807, 2.05) is 39.8 Å². The first-order valence-corrected chi connectivity index (χ1v) is 18.1. The van der Waals surface area contributed by atoms with E-state index in [1.54, 1.807) is 19.1 Å². The minimum atomic E-state index is -4.76. The first kappa shape index (κ1) is 37.4. The van der Waals surface area contributed by atoms with E-state index in [1.165, 1.54) is 0 Å². The van der Waals surface area contributed by atoms with E-state index < -0.39 is 44.6 Å². The van der Waals surface area contributed by atoms with Crippen molar-refractivity contribution in [1.82, 2.24) is 25.3 Å². The predicted octanol–water partition coefficient (Wildman–Crippen LogP) is 5.67. The summed E-state index contributed by atoms with van der Waals surface area (Å²) in [7, 11) is -4.76. The fourth-order valence-corrected chi connectivity index (χ4v) is 7.28. The van der Waals surface area contributed by atoms with Crippen LogP contribution in [0.15, 0.2) is 24.8 Å². The lowest BCUT2D eigenvalue weighted by atomic mass is 9.84. The Morgan fingerprint density at radius 2 is 1.69 bits per heavy atom. The standard InChI is InChI=1S/C36H42N5O9P/c1-7-21-17(3)25-14-27-19(5)23(9-10-32(43)44)34(40-27)24(13-31(42)37-11-12-50-51(47,48)49)35-33(36(45)46)20(6)28(41-35)16-30-22(8-2)18(4)26(39-30)15-29(21)38-25/h7,14-16,19,23,38-39H,1,8-13H2,2-6H3,(H,37,42)(H,43,44)(H,45,46)(H2,47,48,49). The van der Waals surface area contributed by atoms with E-state index >= 15 is 0 Å². The number of aromatic nitrogens is 4. The minimum Gasteiger partial charge on any atom is -0.481 e. The van der Waals surface area contributed by atoms with Gasteiger partial charge in [-0.25, -0.2) is 14.3 Å². The summed E-state index contributed by atoms with van der Waals surface area (Å²) in [4.78, 5) is 73.1. The Hall–Kier alpha value is -4.88. The molecule has 8 bridgehead atoms. The number of aromatic amines is 2. The number of phosphoric acid groups is 1. The van der Waals surface area contributed by atoms with Crippen LogP contribution >= 0.6 is 7.82 Å². The van der Waals surface area contributed by atoms with E-state index in [2.05, 4.69) is 26.4 Å². The van der Waals surface area contributed by atoms with Crippen LogP contribution in [0.4, 0.5) is 0 Å². The second kappa shape index (κ2) is 14.8. The lowest BCUT2D eigenvalue weighted by molar-refractivity contribution is -0.137. The van der Waals surface area contributed by atoms with Crippen molar-refractivity contribution < 1.29 is 43.5 Å². The van der Waals surface area contributed by atoms with Gasteiger partial charge >= 0.3 is 19.8 Å². The summed E-state index contributed by atoms with van der Waals surface area (Å²) in [5.74, 6) is -3.73. The highest BCUT2D eigenvalue weighted by Crippen LogP contribution is 2.44. The summed E-state index contributed by atoms with van der Waals surface area (Å²) in [5, 5.41) is 22.8. The molecule has 14 nitrogen and oxygen atoms in total. The number of carboxylic acid groups (broad SMARTS) is 2. The number of allylic oxidation sites excluding steroid dienone is 1. The van der Waals surface area contributed by atoms with Crippen LogP contribution < -0.4 is 5.32 Å². The molecule has 0 radical (unpaired) electrons. The van der Waals surface area contributed by atoms with Gasteiger partial charge < -0.3 is 35.3 Å². The Kier molecular flexibility index (Phi) is 10.8. The molecule has 2 atom stereocenters. The van der Waals surface area contributed by atoms with Crippen molar-refractivity contribution >= 4 is 65.0 Å². The molecule has 0 fully saturated rings. The van der Waals surface area contributed by atoms with Crippen LogP contribution in [0.25, 0.3) is 39.3 Å². The second-order valence-corrected chi connectivity index (χ2v) is 14.0. The van der Waals surface area contributed by atoms with E-state index in [0.717, 1.165) is 44.3 Å². The molecule has 2 unspecified atom stereocenters. The third kappa shape index (κ3) is 7.74. The molecule has 5 heterocycles. The van der Waals surface area contributed by atoms with Crippen molar-refractivity contribution in [3.63, 3.8) is 0 Å². The quantitative estimate of drug-likeness (QED) is 0.0891. The monoisotopic (exact) mass is 719 g/mol. The Labute approximate surface area is 294 Å². The maximum atomic E-state index is 13.5. The lowest BCUT2D eigenvalue weighted by Gasteiger charge is -2.18. The van der Waals surface area contributed by atoms with Crippen molar-refractivity contribution in [3.8, 4) is 0 Å². The molecular weight excluding hydrogens is 677 g/mol. The van der Waals surface area contributed by atoms with Crippen molar-refractivity contribution in [2.24, 2.45) is 0 Å². The topological polar surface area (TPSA) is 228 Å². The van der Waals surface area contributed by atoms with Crippen molar-refractivity contribution in [2.75, 3.05) is 13.2 Å². The van der Waals surface area contributed by atoms with E-state index in [4.69, 9.17) is 19.8 Å². The third-order valence-corrected chi connectivity index (χ3v) is 10.2. The maximum absolute atomic E-state index is 13.5. The van der Waals surface area contributed by atoms with Gasteiger partial charge in [-0.2, -0.15) is 0 Å². The molecule has 0 saturated carbocycles. The Balaban J connectivity index is 1.90. The number of carbonyl (C=O) groups excluding carboxylic acids is 1. The van der Waals surface area contributed by atoms with Gasteiger partial charge in [0.2, 0.25) is 5.91 Å². The van der Waals surface area contributed by atoms with Gasteiger partial charge in [-0.1, -0.05) is 26.5 Å². The number of fused-ring (bicyclic) bond motifs is 8. The molecule has 0 aromatic carbocycles. The van der Waals surface area contributed by atoms with Crippen LogP contribution in [-0.4, -0.2) is 70.9 Å². The van der Waals surface area contributed by atoms with Crippen LogP contribution in [0.2, 0.25) is 0 Å². The number of nitrogens with one attached hydrogen (secondary N) is 3. The van der Waals surface area contributed by atoms with Gasteiger partial charge in [-0.15, -0.1) is 0 Å². The number of carbonyl (C=O) groups is 3. The van der Waals surface area contributed by atoms with Gasteiger partial charge in [0, 0.05) is 63.7 Å². The number of nitrogens with zero attached hydrogens (tertiary/aromatic N) is 2. The molecule has 0 saturated heterocycles. The summed E-state index contributed by atoms with van der Waals surface area (Å²) in [6, 6.07) is 5.70. The number of phosphoric ester groups is 1. The highest BCUT2D eigenvalue weighted by atomic mass is 31.2. The number of carboxylic acids is 2. The van der Waals surface area contributed by atoms with Gasteiger partial charge in [0.15, 0.2) is 0 Å². The van der Waals surface area contributed by atoms with Crippen molar-refractivity contribution in [2.45, 2.75) is 72.1 Å². The largest absolute Gasteiger partial charge is 0.481 e. The number of hydrogen-bond acceptors (Lipinski definition) is 7. The molecule has 0 aliphatic carbocycles. The molecule has 51 heavy (non-hydrogen) atoms. The van der Waals surface area contributed by atoms with Crippen LogP contribution in [0, 0.1) is 13.8 Å². The molecule has 2 aliphatic rings. The summed E-state index contributed by atoms with van der Waals surface area (Å²) >= 11 is 0. The van der Waals surface area contributed by atoms with Crippen molar-refractivity contribution in [3.05, 3.63) is 75.4 Å². The highest BCUT2D eigenvalue weighted by molar-refractivity contribution is 7.46. The normalized spacial score (nSPS) is 16.0. The minimum absolute atomic E-state index is 0.0351. The lowest BCUT2D eigenvalue weighted by Crippen LogP contribution is -2.29. The fraction of sp³-hybridized carbons (Fsp3) is 0.361. The molecule has 0 spiro atoms. The average Bonchev–Trinajstić information content (AvgIpc) is 3.73. The SMILES string of the molecule is C=Cc1c(C)c2cc3nc(c(CC(=O)NCCOP(=O)(O)O)c4nc(cc5[nH]c(cc1[nH]2)c(C)c5CC)C(C)=C4C(=O)O)C(CCC(=O)O)C3C. The number of amides is 1. The highest BCUT2D eigenvalue weighted by Gasteiger charge is 2.35. The molecule has 15 heteroatoms. The van der Waals surface area contributed by atoms with Gasteiger partial charge in [-0.3, -0.25) is 19.1 Å². The summed E-state index contributed by atoms with van der Waals surface area (Å²) < 4.78 is 15.6. The first-order chi connectivity index (χ1) is 24.0. The fourth-order valence-electron chi connectivity index (χ4n) is 6.95. The van der Waals surface area contributed by atoms with Crippen LogP contribution in [0.1, 0.15) is 96.0 Å². The number of aryl methyl sites for hydroxylation is 3. The summed E-state index contributed by atoms with van der Waals surface area (Å²) in [6.07, 6.45) is 2.01. The smallest absolute Gasteiger partial charge is 0.469 e. The van der Waals surface area contributed by atoms with Gasteiger partial charge in [0.1, 0.15) is 0 Å². The zero-order valence-corrected chi connectivity index (χ0v) is 30.0. The molecule has 5 rings (SSSR count). The molecular formula is C36H42N5O9P. The molecule has 1 amide bonds. The van der Waals surface area contributed by atoms with Crippen molar-refractivity contribution in [1.29, 1.82) is 0 Å². The van der Waals surface area contributed by atoms with Crippen LogP contribution in [0.5, 0.6) is 0 Å². The second-order valence-electron chi connectivity index (χ2n) is 12.8. The molecule has 3 aromatic heterocycles. The number of H-pyrrole nitrogens is 2. The van der Waals surface area contributed by atoms with Gasteiger partial charge in [0.25, 0.3) is 0 Å². The van der Waals surface area contributed by atoms with E-state index in [-0.39, 0.29) is 42.1 Å². The number of rotatable bonds is 12. The Bertz CT molecular complexity index is 2190. The molecule has 3 aromatic rings. The third-order valence-electron chi connectivity index (χ3n) is 9.64. The van der Waals surface area contributed by atoms with Gasteiger partial charge in [-0.05, 0) is 74.1 Å². The first-order valence-electron chi connectivity index (χ1n) is 16.6. The predicted molar refractivity (Wildman–Crippen MR) is 193 cm³/mol. The van der Waals surface area contributed by atoms with Crippen LogP contribution in [0.3, 0.4) is 0 Å². The Morgan fingerprint density at radius 1 is 1.00 bits per heavy atom. The summed E-state index contributed by atoms with van der Waals surface area (Å²) in [6.45, 7) is 12.9. The molecule has 270 valence electrons. The molecule has 2 aliphatic heterocycles.